The first-order chi connectivity index (χ1) is 7.89. The average Bonchev–Trinajstić information content (AvgIpc) is 3.07. The maximum Gasteiger partial charge on any atom is 0.133 e. The first-order valence-corrected chi connectivity index (χ1v) is 7.34. The van der Waals surface area contributed by atoms with Crippen molar-refractivity contribution in [3.63, 3.8) is 0 Å². The van der Waals surface area contributed by atoms with Gasteiger partial charge in [-0.1, -0.05) is 24.3 Å². The highest BCUT2D eigenvalue weighted by atomic mass is 32.1. The zero-order valence-electron chi connectivity index (χ0n) is 8.45. The molecule has 0 atom stereocenters. The van der Waals surface area contributed by atoms with Crippen molar-refractivity contribution in [2.75, 3.05) is 0 Å². The molecule has 4 heteroatoms. The zero-order chi connectivity index (χ0) is 11.5. The van der Waals surface area contributed by atoms with Crippen LogP contribution in [0.4, 0.5) is 4.39 Å². The van der Waals surface area contributed by atoms with E-state index >= 15 is 0 Å². The summed E-state index contributed by atoms with van der Waals surface area (Å²) in [5.41, 5.74) is 0. The Morgan fingerprint density at radius 1 is 0.688 bits per heavy atom. The van der Waals surface area contributed by atoms with Gasteiger partial charge in [-0.05, 0) is 33.0 Å². The largest absolute Gasteiger partial charge is 0.206 e. The number of hydrogen-bond donors (Lipinski definition) is 0. The van der Waals surface area contributed by atoms with Crippen molar-refractivity contribution in [2.45, 2.75) is 0 Å². The second kappa shape index (κ2) is 9.27. The van der Waals surface area contributed by atoms with Gasteiger partial charge in [0.15, 0.2) is 0 Å². The molecule has 0 radical (unpaired) electrons. The molecule has 3 aromatic rings. The van der Waals surface area contributed by atoms with Gasteiger partial charge in [-0.25, -0.2) is 4.39 Å². The number of halogens is 1. The summed E-state index contributed by atoms with van der Waals surface area (Å²) in [6, 6.07) is 9.51. The molecule has 16 heavy (non-hydrogen) atoms. The van der Waals surface area contributed by atoms with Crippen LogP contribution in [0.2, 0.25) is 0 Å². The molecule has 0 bridgehead atoms. The summed E-state index contributed by atoms with van der Waals surface area (Å²) in [6.07, 6.45) is 0. The van der Waals surface area contributed by atoms with Gasteiger partial charge in [-0.2, -0.15) is 22.7 Å². The van der Waals surface area contributed by atoms with Crippen LogP contribution in [0.5, 0.6) is 0 Å². The van der Waals surface area contributed by atoms with E-state index in [0.717, 1.165) is 0 Å². The fourth-order valence-corrected chi connectivity index (χ4v) is 2.10. The molecule has 0 saturated heterocycles. The van der Waals surface area contributed by atoms with E-state index in [9.17, 15) is 4.39 Å². The Bertz CT molecular complexity index is 340. The predicted octanol–water partition coefficient (Wildman–Crippen LogP) is 5.38. The van der Waals surface area contributed by atoms with Gasteiger partial charge in [-0.15, -0.1) is 11.3 Å². The zero-order valence-corrected chi connectivity index (χ0v) is 10.9. The standard InChI is InChI=1S/C4H3FS.2C4H4S/c5-4-1-2-6-3-4;2*1-2-4-5-3-1/h1-3H;2*1-4H. The van der Waals surface area contributed by atoms with E-state index in [4.69, 9.17) is 0 Å². The second-order valence-corrected chi connectivity index (χ2v) is 4.94. The fraction of sp³-hybridized carbons (Fsp3) is 0. The van der Waals surface area contributed by atoms with Crippen LogP contribution in [0.1, 0.15) is 0 Å². The molecular weight excluding hydrogens is 259 g/mol. The van der Waals surface area contributed by atoms with Crippen molar-refractivity contribution >= 4 is 34.0 Å². The molecule has 3 heterocycles. The van der Waals surface area contributed by atoms with Crippen LogP contribution in [-0.4, -0.2) is 0 Å². The highest BCUT2D eigenvalue weighted by Gasteiger charge is 1.79. The van der Waals surface area contributed by atoms with E-state index in [2.05, 4.69) is 0 Å². The molecule has 0 aromatic carbocycles. The molecule has 0 N–H and O–H groups in total. The lowest BCUT2D eigenvalue weighted by atomic mass is 10.6. The van der Waals surface area contributed by atoms with Crippen molar-refractivity contribution in [1.82, 2.24) is 0 Å². The van der Waals surface area contributed by atoms with Crippen LogP contribution in [0.25, 0.3) is 0 Å². The summed E-state index contributed by atoms with van der Waals surface area (Å²) >= 11 is 4.79. The molecule has 0 spiro atoms. The van der Waals surface area contributed by atoms with Gasteiger partial charge in [0.2, 0.25) is 0 Å². The third kappa shape index (κ3) is 7.34. The third-order valence-corrected chi connectivity index (χ3v) is 3.25. The first-order valence-electron chi connectivity index (χ1n) is 4.51. The van der Waals surface area contributed by atoms with Crippen LogP contribution in [-0.2, 0) is 0 Å². The van der Waals surface area contributed by atoms with Crippen LogP contribution in [0.15, 0.2) is 62.6 Å². The number of hydrogen-bond acceptors (Lipinski definition) is 3. The minimum absolute atomic E-state index is 0.139. The fourth-order valence-electron chi connectivity index (χ4n) is 0.701. The highest BCUT2D eigenvalue weighted by molar-refractivity contribution is 7.08. The monoisotopic (exact) mass is 270 g/mol. The molecule has 0 aliphatic carbocycles. The Morgan fingerprint density at radius 2 is 1.19 bits per heavy atom. The maximum atomic E-state index is 11.7. The van der Waals surface area contributed by atoms with Gasteiger partial charge in [0.1, 0.15) is 5.82 Å². The normalized spacial score (nSPS) is 8.31. The smallest absolute Gasteiger partial charge is 0.133 e. The molecule has 0 unspecified atom stereocenters. The lowest BCUT2D eigenvalue weighted by Crippen LogP contribution is -1.48. The lowest BCUT2D eigenvalue weighted by Gasteiger charge is -1.60. The molecule has 84 valence electrons. The van der Waals surface area contributed by atoms with Crippen LogP contribution < -0.4 is 0 Å². The van der Waals surface area contributed by atoms with Crippen molar-refractivity contribution < 1.29 is 4.39 Å². The van der Waals surface area contributed by atoms with Crippen molar-refractivity contribution in [2.24, 2.45) is 0 Å². The van der Waals surface area contributed by atoms with Gasteiger partial charge in [0, 0.05) is 5.38 Å². The van der Waals surface area contributed by atoms with E-state index in [1.54, 1.807) is 28.1 Å². The first kappa shape index (κ1) is 13.1. The van der Waals surface area contributed by atoms with Gasteiger partial charge >= 0.3 is 0 Å². The molecule has 0 fully saturated rings. The Morgan fingerprint density at radius 3 is 1.31 bits per heavy atom. The average molecular weight is 270 g/mol. The van der Waals surface area contributed by atoms with E-state index < -0.39 is 0 Å². The lowest BCUT2D eigenvalue weighted by molar-refractivity contribution is 0.633. The molecule has 0 amide bonds. The second-order valence-electron chi connectivity index (χ2n) is 2.53. The highest BCUT2D eigenvalue weighted by Crippen LogP contribution is 2.00. The van der Waals surface area contributed by atoms with E-state index in [1.165, 1.54) is 22.8 Å². The van der Waals surface area contributed by atoms with Gasteiger partial charge < -0.3 is 0 Å². The molecule has 0 aliphatic heterocycles. The van der Waals surface area contributed by atoms with Gasteiger partial charge in [0.25, 0.3) is 0 Å². The molecule has 3 aromatic heterocycles. The van der Waals surface area contributed by atoms with Crippen molar-refractivity contribution in [3.8, 4) is 0 Å². The quantitative estimate of drug-likeness (QED) is 0.514. The summed E-state index contributed by atoms with van der Waals surface area (Å²) in [5, 5.41) is 11.3. The third-order valence-electron chi connectivity index (χ3n) is 1.34. The molecular formula is C12H11FS3. The molecule has 0 saturated carbocycles. The summed E-state index contributed by atoms with van der Waals surface area (Å²) in [6.45, 7) is 0. The maximum absolute atomic E-state index is 11.7. The summed E-state index contributed by atoms with van der Waals surface area (Å²) in [7, 11) is 0. The number of rotatable bonds is 0. The van der Waals surface area contributed by atoms with Crippen LogP contribution >= 0.6 is 34.0 Å². The Balaban J connectivity index is 0.000000121. The van der Waals surface area contributed by atoms with Crippen molar-refractivity contribution in [3.05, 3.63) is 68.4 Å². The Hall–Kier alpha value is -0.970. The minimum atomic E-state index is -0.139. The number of thiophene rings is 3. The Labute approximate surface area is 107 Å². The van der Waals surface area contributed by atoms with E-state index in [0.29, 0.717) is 0 Å². The van der Waals surface area contributed by atoms with Gasteiger partial charge in [0.05, 0.1) is 0 Å². The molecule has 0 nitrogen and oxygen atoms in total. The Kier molecular flexibility index (Phi) is 7.59. The van der Waals surface area contributed by atoms with E-state index in [1.807, 2.05) is 45.8 Å². The van der Waals surface area contributed by atoms with Crippen LogP contribution in [0.3, 0.4) is 0 Å². The predicted molar refractivity (Wildman–Crippen MR) is 72.9 cm³/mol. The molecule has 0 aliphatic rings. The molecule has 3 rings (SSSR count). The van der Waals surface area contributed by atoms with Crippen molar-refractivity contribution in [1.29, 1.82) is 0 Å². The SMILES string of the molecule is Fc1ccsc1.c1ccsc1.c1ccsc1. The van der Waals surface area contributed by atoms with Gasteiger partial charge in [-0.3, -0.25) is 0 Å². The summed E-state index contributed by atoms with van der Waals surface area (Å²) < 4.78 is 11.7. The van der Waals surface area contributed by atoms with E-state index in [-0.39, 0.29) is 5.82 Å². The van der Waals surface area contributed by atoms with Crippen LogP contribution in [0, 0.1) is 5.82 Å². The summed E-state index contributed by atoms with van der Waals surface area (Å²) in [4.78, 5) is 0. The summed E-state index contributed by atoms with van der Waals surface area (Å²) in [5.74, 6) is -0.139. The minimum Gasteiger partial charge on any atom is -0.206 e. The topological polar surface area (TPSA) is 0 Å².